The summed E-state index contributed by atoms with van der Waals surface area (Å²) < 4.78 is 26.2. The van der Waals surface area contributed by atoms with Crippen LogP contribution in [0, 0.1) is 0 Å². The van der Waals surface area contributed by atoms with Gasteiger partial charge in [0.1, 0.15) is 0 Å². The van der Waals surface area contributed by atoms with Crippen molar-refractivity contribution in [3.05, 3.63) is 66.2 Å². The molecule has 6 heteroatoms. The molecule has 0 aliphatic heterocycles. The fraction of sp³-hybridized carbons (Fsp3) is 0.381. The number of hydrogen-bond donors (Lipinski definition) is 1. The van der Waals surface area contributed by atoms with Gasteiger partial charge in [-0.2, -0.15) is 0 Å². The average Bonchev–Trinajstić information content (AvgIpc) is 2.67. The zero-order chi connectivity index (χ0) is 19.7. The van der Waals surface area contributed by atoms with Gasteiger partial charge in [0.25, 0.3) is 0 Å². The minimum absolute atomic E-state index is 0.0407. The van der Waals surface area contributed by atoms with E-state index in [2.05, 4.69) is 17.4 Å². The van der Waals surface area contributed by atoms with E-state index in [0.29, 0.717) is 19.4 Å². The van der Waals surface area contributed by atoms with Gasteiger partial charge >= 0.3 is 0 Å². The first kappa shape index (κ1) is 21.1. The number of nitrogens with one attached hydrogen (secondary N) is 1. The van der Waals surface area contributed by atoms with Gasteiger partial charge in [-0.25, -0.2) is 12.7 Å². The van der Waals surface area contributed by atoms with Crippen LogP contribution < -0.4 is 5.32 Å². The molecule has 2 rings (SSSR count). The summed E-state index contributed by atoms with van der Waals surface area (Å²) in [6, 6.07) is 18.6. The molecule has 1 atom stereocenters. The Labute approximate surface area is 162 Å². The van der Waals surface area contributed by atoms with Crippen LogP contribution in [0.1, 0.15) is 31.7 Å². The molecular formula is C21H28N2O3S. The Bertz CT molecular complexity index is 808. The standard InChI is InChI=1S/C21H28N2O3S/c1-18(15-16-19-10-5-3-6-11-19)22-21(24)14-9-17-23(2)27(25,26)20-12-7-4-8-13-20/h3-8,10-13,18H,9,14-17H2,1-2H3,(H,22,24). The van der Waals surface area contributed by atoms with Crippen molar-refractivity contribution in [1.29, 1.82) is 0 Å². The third-order valence-corrected chi connectivity index (χ3v) is 6.32. The zero-order valence-electron chi connectivity index (χ0n) is 16.0. The van der Waals surface area contributed by atoms with E-state index >= 15 is 0 Å². The van der Waals surface area contributed by atoms with Crippen molar-refractivity contribution in [1.82, 2.24) is 9.62 Å². The summed E-state index contributed by atoms with van der Waals surface area (Å²) in [6.45, 7) is 2.30. The highest BCUT2D eigenvalue weighted by Crippen LogP contribution is 2.14. The van der Waals surface area contributed by atoms with Gasteiger partial charge in [0, 0.05) is 26.1 Å². The highest BCUT2D eigenvalue weighted by molar-refractivity contribution is 7.89. The van der Waals surface area contributed by atoms with Crippen LogP contribution in [0.15, 0.2) is 65.6 Å². The fourth-order valence-electron chi connectivity index (χ4n) is 2.80. The zero-order valence-corrected chi connectivity index (χ0v) is 16.8. The van der Waals surface area contributed by atoms with E-state index in [0.717, 1.165) is 12.8 Å². The van der Waals surface area contributed by atoms with E-state index < -0.39 is 10.0 Å². The van der Waals surface area contributed by atoms with Gasteiger partial charge in [0.2, 0.25) is 15.9 Å². The molecule has 1 amide bonds. The Morgan fingerprint density at radius 2 is 1.63 bits per heavy atom. The van der Waals surface area contributed by atoms with Crippen LogP contribution in [-0.2, 0) is 21.2 Å². The second-order valence-corrected chi connectivity index (χ2v) is 8.78. The second-order valence-electron chi connectivity index (χ2n) is 6.74. The van der Waals surface area contributed by atoms with Crippen molar-refractivity contribution >= 4 is 15.9 Å². The summed E-state index contributed by atoms with van der Waals surface area (Å²) in [5.74, 6) is -0.0407. The largest absolute Gasteiger partial charge is 0.354 e. The van der Waals surface area contributed by atoms with Crippen LogP contribution in [-0.4, -0.2) is 38.3 Å². The lowest BCUT2D eigenvalue weighted by Crippen LogP contribution is -2.34. The molecule has 0 aliphatic rings. The SMILES string of the molecule is CC(CCc1ccccc1)NC(=O)CCCN(C)S(=O)(=O)c1ccccc1. The van der Waals surface area contributed by atoms with Crippen LogP contribution >= 0.6 is 0 Å². The van der Waals surface area contributed by atoms with Crippen LogP contribution in [0.25, 0.3) is 0 Å². The number of amides is 1. The number of carbonyl (C=O) groups is 1. The van der Waals surface area contributed by atoms with E-state index in [1.807, 2.05) is 25.1 Å². The molecule has 0 saturated carbocycles. The van der Waals surface area contributed by atoms with E-state index in [9.17, 15) is 13.2 Å². The molecular weight excluding hydrogens is 360 g/mol. The van der Waals surface area contributed by atoms with Crippen LogP contribution in [0.4, 0.5) is 0 Å². The number of hydrogen-bond acceptors (Lipinski definition) is 3. The van der Waals surface area contributed by atoms with E-state index in [4.69, 9.17) is 0 Å². The molecule has 0 fully saturated rings. The summed E-state index contributed by atoms with van der Waals surface area (Å²) in [7, 11) is -1.95. The molecule has 0 saturated heterocycles. The highest BCUT2D eigenvalue weighted by Gasteiger charge is 2.20. The summed E-state index contributed by atoms with van der Waals surface area (Å²) >= 11 is 0. The highest BCUT2D eigenvalue weighted by atomic mass is 32.2. The lowest BCUT2D eigenvalue weighted by atomic mass is 10.1. The van der Waals surface area contributed by atoms with Gasteiger partial charge in [-0.15, -0.1) is 0 Å². The number of rotatable bonds is 10. The Balaban J connectivity index is 1.70. The van der Waals surface area contributed by atoms with E-state index in [1.165, 1.54) is 9.87 Å². The number of carbonyl (C=O) groups excluding carboxylic acids is 1. The molecule has 2 aromatic rings. The van der Waals surface area contributed by atoms with Crippen molar-refractivity contribution < 1.29 is 13.2 Å². The average molecular weight is 389 g/mol. The van der Waals surface area contributed by atoms with Gasteiger partial charge in [-0.05, 0) is 43.9 Å². The van der Waals surface area contributed by atoms with Gasteiger partial charge in [-0.3, -0.25) is 4.79 Å². The quantitative estimate of drug-likeness (QED) is 0.680. The molecule has 1 N–H and O–H groups in total. The smallest absolute Gasteiger partial charge is 0.242 e. The Kier molecular flexibility index (Phi) is 8.00. The Morgan fingerprint density at radius 1 is 1.04 bits per heavy atom. The summed E-state index contributed by atoms with van der Waals surface area (Å²) in [6.07, 6.45) is 2.59. The molecule has 0 radical (unpaired) electrons. The van der Waals surface area contributed by atoms with Gasteiger partial charge in [0.05, 0.1) is 4.90 Å². The van der Waals surface area contributed by atoms with Crippen molar-refractivity contribution in [3.63, 3.8) is 0 Å². The lowest BCUT2D eigenvalue weighted by Gasteiger charge is -2.18. The molecule has 0 heterocycles. The molecule has 0 aliphatic carbocycles. The molecule has 146 valence electrons. The van der Waals surface area contributed by atoms with Crippen molar-refractivity contribution in [3.8, 4) is 0 Å². The third-order valence-electron chi connectivity index (χ3n) is 4.44. The monoisotopic (exact) mass is 388 g/mol. The third kappa shape index (κ3) is 6.81. The van der Waals surface area contributed by atoms with Crippen LogP contribution in [0.5, 0.6) is 0 Å². The lowest BCUT2D eigenvalue weighted by molar-refractivity contribution is -0.121. The predicted molar refractivity (Wildman–Crippen MR) is 108 cm³/mol. The maximum absolute atomic E-state index is 12.4. The minimum Gasteiger partial charge on any atom is -0.354 e. The van der Waals surface area contributed by atoms with Gasteiger partial charge in [0.15, 0.2) is 0 Å². The summed E-state index contributed by atoms with van der Waals surface area (Å²) in [5.41, 5.74) is 1.26. The maximum Gasteiger partial charge on any atom is 0.242 e. The number of nitrogens with zero attached hydrogens (tertiary/aromatic N) is 1. The number of benzene rings is 2. The molecule has 0 aromatic heterocycles. The molecule has 5 nitrogen and oxygen atoms in total. The normalized spacial score (nSPS) is 12.7. The maximum atomic E-state index is 12.4. The van der Waals surface area contributed by atoms with Gasteiger partial charge < -0.3 is 5.32 Å². The summed E-state index contributed by atoms with van der Waals surface area (Å²) in [4.78, 5) is 12.4. The molecule has 27 heavy (non-hydrogen) atoms. The Hall–Kier alpha value is -2.18. The Morgan fingerprint density at radius 3 is 2.26 bits per heavy atom. The first-order chi connectivity index (χ1) is 12.9. The van der Waals surface area contributed by atoms with E-state index in [-0.39, 0.29) is 16.8 Å². The molecule has 1 unspecified atom stereocenters. The second kappa shape index (κ2) is 10.2. The van der Waals surface area contributed by atoms with Crippen molar-refractivity contribution in [2.45, 2.75) is 43.5 Å². The number of aryl methyl sites for hydroxylation is 1. The minimum atomic E-state index is -3.50. The van der Waals surface area contributed by atoms with Crippen molar-refractivity contribution in [2.24, 2.45) is 0 Å². The first-order valence-electron chi connectivity index (χ1n) is 9.24. The van der Waals surface area contributed by atoms with Crippen LogP contribution in [0.2, 0.25) is 0 Å². The van der Waals surface area contributed by atoms with Crippen LogP contribution in [0.3, 0.4) is 0 Å². The molecule has 0 spiro atoms. The van der Waals surface area contributed by atoms with Gasteiger partial charge in [-0.1, -0.05) is 48.5 Å². The topological polar surface area (TPSA) is 66.5 Å². The van der Waals surface area contributed by atoms with Crippen molar-refractivity contribution in [2.75, 3.05) is 13.6 Å². The molecule has 0 bridgehead atoms. The summed E-state index contributed by atoms with van der Waals surface area (Å²) in [5, 5.41) is 2.99. The fourth-order valence-corrected chi connectivity index (χ4v) is 4.03. The number of sulfonamides is 1. The first-order valence-corrected chi connectivity index (χ1v) is 10.7. The predicted octanol–water partition coefficient (Wildman–Crippen LogP) is 3.22. The molecule has 2 aromatic carbocycles. The van der Waals surface area contributed by atoms with E-state index in [1.54, 1.807) is 37.4 Å².